The second-order valence-corrected chi connectivity index (χ2v) is 16.9. The first-order valence-electron chi connectivity index (χ1n) is 21.3. The third-order valence-corrected chi connectivity index (χ3v) is 13.2. The zero-order chi connectivity index (χ0) is 40.7. The zero-order valence-electron chi connectivity index (χ0n) is 34.2. The van der Waals surface area contributed by atoms with Gasteiger partial charge >= 0.3 is 0 Å². The molecule has 0 fully saturated rings. The summed E-state index contributed by atoms with van der Waals surface area (Å²) in [6.45, 7) is 4.77. The van der Waals surface area contributed by atoms with E-state index in [4.69, 9.17) is 0 Å². The van der Waals surface area contributed by atoms with Crippen molar-refractivity contribution in [3.05, 3.63) is 230 Å². The van der Waals surface area contributed by atoms with Gasteiger partial charge in [0, 0.05) is 38.9 Å². The Morgan fingerprint density at radius 1 is 0.377 bits per heavy atom. The van der Waals surface area contributed by atoms with Crippen LogP contribution >= 0.6 is 0 Å². The summed E-state index contributed by atoms with van der Waals surface area (Å²) in [5.41, 5.74) is 17.0. The van der Waals surface area contributed by atoms with Crippen molar-refractivity contribution in [2.24, 2.45) is 0 Å². The average Bonchev–Trinajstić information content (AvgIpc) is 3.77. The number of fused-ring (bicyclic) bond motifs is 9. The Morgan fingerprint density at radius 2 is 0.967 bits per heavy atom. The second-order valence-electron chi connectivity index (χ2n) is 16.9. The Hall–Kier alpha value is -7.68. The summed E-state index contributed by atoms with van der Waals surface area (Å²) in [5.74, 6) is 0. The maximum Gasteiger partial charge on any atom is 0.0561 e. The molecule has 2 heteroatoms. The Balaban J connectivity index is 1.06. The lowest BCUT2D eigenvalue weighted by molar-refractivity contribution is 0.661. The summed E-state index contributed by atoms with van der Waals surface area (Å²) < 4.78 is 2.41. The second kappa shape index (κ2) is 13.7. The van der Waals surface area contributed by atoms with Gasteiger partial charge in [-0.1, -0.05) is 178 Å². The summed E-state index contributed by atoms with van der Waals surface area (Å²) in [4.78, 5) is 2.45. The molecule has 0 N–H and O–H groups in total. The van der Waals surface area contributed by atoms with Crippen LogP contribution in [0.15, 0.2) is 218 Å². The summed E-state index contributed by atoms with van der Waals surface area (Å²) >= 11 is 0. The molecular formula is C59H42N2. The first-order chi connectivity index (χ1) is 30.0. The molecule has 1 aliphatic rings. The van der Waals surface area contributed by atoms with Gasteiger partial charge in [-0.2, -0.15) is 0 Å². The quantitative estimate of drug-likeness (QED) is 0.163. The van der Waals surface area contributed by atoms with E-state index in [2.05, 4.69) is 242 Å². The van der Waals surface area contributed by atoms with Crippen molar-refractivity contribution in [3.8, 4) is 39.1 Å². The highest BCUT2D eigenvalue weighted by Crippen LogP contribution is 2.53. The van der Waals surface area contributed by atoms with E-state index < -0.39 is 0 Å². The number of rotatable bonds is 6. The first kappa shape index (κ1) is 35.3. The molecular weight excluding hydrogens is 737 g/mol. The maximum atomic E-state index is 2.45. The van der Waals surface area contributed by atoms with Crippen molar-refractivity contribution in [2.75, 3.05) is 4.90 Å². The van der Waals surface area contributed by atoms with E-state index in [1.54, 1.807) is 0 Å². The van der Waals surface area contributed by atoms with Crippen LogP contribution in [0, 0.1) is 0 Å². The fourth-order valence-electron chi connectivity index (χ4n) is 10.3. The van der Waals surface area contributed by atoms with Crippen LogP contribution in [0.1, 0.15) is 25.0 Å². The highest BCUT2D eigenvalue weighted by Gasteiger charge is 2.37. The molecule has 0 aliphatic heterocycles. The number of benzene rings is 10. The zero-order valence-corrected chi connectivity index (χ0v) is 34.2. The standard InChI is InChI=1S/C59H42N2/c1-59(2)53-36-29-40-17-9-10-22-49(40)58(53)52-35-33-45(37-54(52)59)60(46-32-34-51-50-23-11-12-26-55(50)61(56(51)38-46)43-20-7-4-8-21-43)44-30-27-41(28-31-44)48-25-14-19-42-18-13-24-47(57(42)48)39-15-5-3-6-16-39/h3-38H,1-2H3. The Bertz CT molecular complexity index is 3480. The van der Waals surface area contributed by atoms with Crippen LogP contribution in [0.4, 0.5) is 17.1 Å². The van der Waals surface area contributed by atoms with Gasteiger partial charge in [0.25, 0.3) is 0 Å². The lowest BCUT2D eigenvalue weighted by Crippen LogP contribution is -2.16. The van der Waals surface area contributed by atoms with Crippen LogP contribution in [-0.2, 0) is 5.41 Å². The minimum Gasteiger partial charge on any atom is -0.310 e. The minimum atomic E-state index is -0.172. The lowest BCUT2D eigenvalue weighted by atomic mass is 9.82. The monoisotopic (exact) mass is 778 g/mol. The van der Waals surface area contributed by atoms with E-state index in [1.165, 1.54) is 87.9 Å². The van der Waals surface area contributed by atoms with Crippen molar-refractivity contribution in [2.45, 2.75) is 19.3 Å². The molecule has 12 rings (SSSR count). The summed E-state index contributed by atoms with van der Waals surface area (Å²) in [7, 11) is 0. The van der Waals surface area contributed by atoms with Gasteiger partial charge in [0.1, 0.15) is 0 Å². The molecule has 61 heavy (non-hydrogen) atoms. The normalized spacial score (nSPS) is 12.9. The Morgan fingerprint density at radius 3 is 1.74 bits per heavy atom. The fraction of sp³-hybridized carbons (Fsp3) is 0.0508. The van der Waals surface area contributed by atoms with Crippen LogP contribution in [0.25, 0.3) is 82.4 Å². The summed E-state index contributed by atoms with van der Waals surface area (Å²) in [6.07, 6.45) is 0. The van der Waals surface area contributed by atoms with Crippen molar-refractivity contribution in [1.82, 2.24) is 4.57 Å². The Labute approximate surface area is 356 Å². The lowest BCUT2D eigenvalue weighted by Gasteiger charge is -2.28. The van der Waals surface area contributed by atoms with Crippen molar-refractivity contribution in [1.29, 1.82) is 0 Å². The van der Waals surface area contributed by atoms with Gasteiger partial charge in [0.2, 0.25) is 0 Å². The average molecular weight is 779 g/mol. The van der Waals surface area contributed by atoms with E-state index in [0.29, 0.717) is 0 Å². The summed E-state index contributed by atoms with van der Waals surface area (Å²) in [5, 5.41) is 7.59. The molecule has 0 radical (unpaired) electrons. The molecule has 288 valence electrons. The molecule has 0 bridgehead atoms. The van der Waals surface area contributed by atoms with E-state index in [0.717, 1.165) is 22.7 Å². The van der Waals surface area contributed by atoms with Crippen molar-refractivity contribution in [3.63, 3.8) is 0 Å². The van der Waals surface area contributed by atoms with E-state index in [9.17, 15) is 0 Å². The minimum absolute atomic E-state index is 0.172. The van der Waals surface area contributed by atoms with Gasteiger partial charge in [-0.15, -0.1) is 0 Å². The van der Waals surface area contributed by atoms with Crippen LogP contribution < -0.4 is 4.90 Å². The predicted octanol–water partition coefficient (Wildman–Crippen LogP) is 16.2. The van der Waals surface area contributed by atoms with E-state index >= 15 is 0 Å². The highest BCUT2D eigenvalue weighted by atomic mass is 15.1. The SMILES string of the molecule is CC1(C)c2cc(N(c3ccc(-c4cccc5cccc(-c6ccccc6)c45)cc3)c3ccc4c5ccccc5n(-c5ccccc5)c4c3)ccc2-c2c1ccc1ccccc21. The van der Waals surface area contributed by atoms with Crippen LogP contribution in [0.3, 0.4) is 0 Å². The van der Waals surface area contributed by atoms with E-state index in [1.807, 2.05) is 0 Å². The molecule has 0 amide bonds. The van der Waals surface area contributed by atoms with Crippen LogP contribution in [0.2, 0.25) is 0 Å². The third-order valence-electron chi connectivity index (χ3n) is 13.2. The van der Waals surface area contributed by atoms with Gasteiger partial charge in [-0.3, -0.25) is 0 Å². The van der Waals surface area contributed by atoms with Gasteiger partial charge in [-0.25, -0.2) is 0 Å². The van der Waals surface area contributed by atoms with Crippen molar-refractivity contribution >= 4 is 60.4 Å². The molecule has 11 aromatic rings. The van der Waals surface area contributed by atoms with Crippen LogP contribution in [-0.4, -0.2) is 4.57 Å². The van der Waals surface area contributed by atoms with E-state index in [-0.39, 0.29) is 5.41 Å². The van der Waals surface area contributed by atoms with Gasteiger partial charge in [0.05, 0.1) is 11.0 Å². The Kier molecular flexibility index (Phi) is 7.92. The highest BCUT2D eigenvalue weighted by molar-refractivity contribution is 6.11. The topological polar surface area (TPSA) is 8.17 Å². The smallest absolute Gasteiger partial charge is 0.0561 e. The molecule has 1 aromatic heterocycles. The number of hydrogen-bond acceptors (Lipinski definition) is 1. The van der Waals surface area contributed by atoms with Crippen LogP contribution in [0.5, 0.6) is 0 Å². The third kappa shape index (κ3) is 5.49. The first-order valence-corrected chi connectivity index (χ1v) is 21.3. The molecule has 1 aliphatic carbocycles. The van der Waals surface area contributed by atoms with Gasteiger partial charge < -0.3 is 9.47 Å². The molecule has 0 spiro atoms. The molecule has 0 atom stereocenters. The molecule has 0 saturated heterocycles. The number of aromatic nitrogens is 1. The van der Waals surface area contributed by atoms with Gasteiger partial charge in [-0.05, 0) is 121 Å². The maximum absolute atomic E-state index is 2.45. The molecule has 10 aromatic carbocycles. The molecule has 1 heterocycles. The molecule has 0 saturated carbocycles. The summed E-state index contributed by atoms with van der Waals surface area (Å²) in [6, 6.07) is 80.4. The predicted molar refractivity (Wildman–Crippen MR) is 259 cm³/mol. The molecule has 0 unspecified atom stereocenters. The molecule has 2 nitrogen and oxygen atoms in total. The largest absolute Gasteiger partial charge is 0.310 e. The number of nitrogens with zero attached hydrogens (tertiary/aromatic N) is 2. The fourth-order valence-corrected chi connectivity index (χ4v) is 10.3. The number of anilines is 3. The van der Waals surface area contributed by atoms with Crippen molar-refractivity contribution < 1.29 is 0 Å². The van der Waals surface area contributed by atoms with Gasteiger partial charge in [0.15, 0.2) is 0 Å². The number of hydrogen-bond donors (Lipinski definition) is 0. The number of para-hydroxylation sites is 2.